The Hall–Kier alpha value is -3.35. The number of nitrogens with one attached hydrogen (secondary N) is 1. The summed E-state index contributed by atoms with van der Waals surface area (Å²) in [5.74, 6) is 0.570. The number of carbonyl (C=O) groups excluding carboxylic acids is 1. The van der Waals surface area contributed by atoms with E-state index in [1.165, 1.54) is 19.2 Å². The number of carbonyl (C=O) groups is 1. The quantitative estimate of drug-likeness (QED) is 0.600. The van der Waals surface area contributed by atoms with Crippen molar-refractivity contribution >= 4 is 23.5 Å². The van der Waals surface area contributed by atoms with Crippen LogP contribution in [0.3, 0.4) is 0 Å². The van der Waals surface area contributed by atoms with E-state index in [2.05, 4.69) is 10.3 Å². The standard InChI is InChI=1S/C20H15F3N2O2/c1-13(26)25-17-7-5-16(6-8-17)24-12-18-9-10-19(27-18)14-3-2-4-15(11-14)20(21,22)23/h2-12H,1H3,(H,25,26). The van der Waals surface area contributed by atoms with E-state index >= 15 is 0 Å². The molecular formula is C20H15F3N2O2. The number of anilines is 1. The zero-order valence-electron chi connectivity index (χ0n) is 14.2. The molecule has 1 amide bonds. The van der Waals surface area contributed by atoms with Gasteiger partial charge in [-0.1, -0.05) is 12.1 Å². The van der Waals surface area contributed by atoms with E-state index in [0.29, 0.717) is 28.5 Å². The van der Waals surface area contributed by atoms with E-state index in [-0.39, 0.29) is 5.91 Å². The second-order valence-electron chi connectivity index (χ2n) is 5.77. The third kappa shape index (κ3) is 4.84. The Morgan fingerprint density at radius 3 is 2.48 bits per heavy atom. The van der Waals surface area contributed by atoms with E-state index in [4.69, 9.17) is 4.42 Å². The van der Waals surface area contributed by atoms with Crippen molar-refractivity contribution in [2.75, 3.05) is 5.32 Å². The third-order valence-electron chi connectivity index (χ3n) is 3.63. The van der Waals surface area contributed by atoms with Crippen molar-refractivity contribution < 1.29 is 22.4 Å². The number of hydrogen-bond acceptors (Lipinski definition) is 3. The number of amides is 1. The highest BCUT2D eigenvalue weighted by Gasteiger charge is 2.30. The van der Waals surface area contributed by atoms with Crippen molar-refractivity contribution in [2.45, 2.75) is 13.1 Å². The van der Waals surface area contributed by atoms with Gasteiger partial charge in [0, 0.05) is 18.2 Å². The van der Waals surface area contributed by atoms with E-state index in [9.17, 15) is 18.0 Å². The van der Waals surface area contributed by atoms with Gasteiger partial charge in [0.2, 0.25) is 5.91 Å². The van der Waals surface area contributed by atoms with Gasteiger partial charge in [-0.05, 0) is 48.5 Å². The molecule has 0 unspecified atom stereocenters. The van der Waals surface area contributed by atoms with Crippen LogP contribution in [-0.4, -0.2) is 12.1 Å². The zero-order valence-corrected chi connectivity index (χ0v) is 14.2. The Morgan fingerprint density at radius 2 is 1.81 bits per heavy atom. The molecular weight excluding hydrogens is 357 g/mol. The summed E-state index contributed by atoms with van der Waals surface area (Å²) in [6, 6.07) is 15.0. The van der Waals surface area contributed by atoms with Gasteiger partial charge in [0.1, 0.15) is 11.5 Å². The van der Waals surface area contributed by atoms with Crippen LogP contribution in [0.15, 0.2) is 70.1 Å². The van der Waals surface area contributed by atoms with Crippen molar-refractivity contribution in [3.63, 3.8) is 0 Å². The van der Waals surface area contributed by atoms with Gasteiger partial charge >= 0.3 is 6.18 Å². The summed E-state index contributed by atoms with van der Waals surface area (Å²) < 4.78 is 44.0. The Morgan fingerprint density at radius 1 is 1.07 bits per heavy atom. The molecule has 27 heavy (non-hydrogen) atoms. The number of alkyl halides is 3. The molecule has 3 aromatic rings. The molecule has 138 valence electrons. The molecule has 0 bridgehead atoms. The summed E-state index contributed by atoms with van der Waals surface area (Å²) in [5, 5.41) is 2.65. The van der Waals surface area contributed by atoms with Gasteiger partial charge in [-0.2, -0.15) is 13.2 Å². The summed E-state index contributed by atoms with van der Waals surface area (Å²) in [6.45, 7) is 1.42. The van der Waals surface area contributed by atoms with E-state index in [1.54, 1.807) is 42.5 Å². The second kappa shape index (κ2) is 7.49. The molecule has 2 aromatic carbocycles. The fourth-order valence-electron chi connectivity index (χ4n) is 2.40. The van der Waals surface area contributed by atoms with Crippen LogP contribution in [0.1, 0.15) is 18.2 Å². The predicted octanol–water partition coefficient (Wildman–Crippen LogP) is 5.67. The molecule has 0 saturated carbocycles. The van der Waals surface area contributed by atoms with Gasteiger partial charge < -0.3 is 9.73 Å². The molecule has 0 fully saturated rings. The van der Waals surface area contributed by atoms with E-state index in [1.807, 2.05) is 0 Å². The minimum absolute atomic E-state index is 0.163. The average molecular weight is 372 g/mol. The first-order valence-corrected chi connectivity index (χ1v) is 8.00. The number of rotatable bonds is 4. The molecule has 0 radical (unpaired) electrons. The maximum absolute atomic E-state index is 12.8. The average Bonchev–Trinajstić information content (AvgIpc) is 3.09. The Kier molecular flexibility index (Phi) is 5.12. The van der Waals surface area contributed by atoms with Crippen molar-refractivity contribution in [1.29, 1.82) is 0 Å². The highest BCUT2D eigenvalue weighted by molar-refractivity contribution is 5.89. The van der Waals surface area contributed by atoms with Crippen LogP contribution in [0.25, 0.3) is 11.3 Å². The van der Waals surface area contributed by atoms with Crippen LogP contribution < -0.4 is 5.32 Å². The summed E-state index contributed by atoms with van der Waals surface area (Å²) in [5.41, 5.74) is 0.905. The van der Waals surface area contributed by atoms with Gasteiger partial charge in [0.05, 0.1) is 17.5 Å². The summed E-state index contributed by atoms with van der Waals surface area (Å²) in [6.07, 6.45) is -2.93. The van der Waals surface area contributed by atoms with Gasteiger partial charge in [0.25, 0.3) is 0 Å². The molecule has 0 aliphatic heterocycles. The SMILES string of the molecule is CC(=O)Nc1ccc(N=Cc2ccc(-c3cccc(C(F)(F)F)c3)o2)cc1. The smallest absolute Gasteiger partial charge is 0.416 e. The lowest BCUT2D eigenvalue weighted by Crippen LogP contribution is -2.04. The van der Waals surface area contributed by atoms with Crippen molar-refractivity contribution in [1.82, 2.24) is 0 Å². The van der Waals surface area contributed by atoms with Crippen LogP contribution in [0.2, 0.25) is 0 Å². The number of halogens is 3. The number of aliphatic imine (C=N–C) groups is 1. The first kappa shape index (κ1) is 18.4. The van der Waals surface area contributed by atoms with Gasteiger partial charge in [0.15, 0.2) is 0 Å². The van der Waals surface area contributed by atoms with Gasteiger partial charge in [-0.25, -0.2) is 0 Å². The number of benzene rings is 2. The normalized spacial score (nSPS) is 11.7. The molecule has 0 atom stereocenters. The van der Waals surface area contributed by atoms with Crippen molar-refractivity contribution in [3.05, 3.63) is 72.0 Å². The lowest BCUT2D eigenvalue weighted by Gasteiger charge is -2.07. The van der Waals surface area contributed by atoms with Crippen molar-refractivity contribution in [3.8, 4) is 11.3 Å². The summed E-state index contributed by atoms with van der Waals surface area (Å²) in [7, 11) is 0. The molecule has 1 N–H and O–H groups in total. The lowest BCUT2D eigenvalue weighted by atomic mass is 10.1. The van der Waals surface area contributed by atoms with Crippen molar-refractivity contribution in [2.24, 2.45) is 4.99 Å². The monoisotopic (exact) mass is 372 g/mol. The molecule has 0 aliphatic carbocycles. The van der Waals surface area contributed by atoms with Crippen LogP contribution in [0.5, 0.6) is 0 Å². The first-order chi connectivity index (χ1) is 12.8. The maximum atomic E-state index is 12.8. The molecule has 0 saturated heterocycles. The maximum Gasteiger partial charge on any atom is 0.416 e. The van der Waals surface area contributed by atoms with Crippen LogP contribution >= 0.6 is 0 Å². The topological polar surface area (TPSA) is 54.6 Å². The van der Waals surface area contributed by atoms with Crippen LogP contribution in [0.4, 0.5) is 24.5 Å². The lowest BCUT2D eigenvalue weighted by molar-refractivity contribution is -0.137. The second-order valence-corrected chi connectivity index (χ2v) is 5.77. The van der Waals surface area contributed by atoms with Crippen LogP contribution in [-0.2, 0) is 11.0 Å². The van der Waals surface area contributed by atoms with Gasteiger partial charge in [-0.3, -0.25) is 9.79 Å². The predicted molar refractivity (Wildman–Crippen MR) is 97.1 cm³/mol. The van der Waals surface area contributed by atoms with Crippen LogP contribution in [0, 0.1) is 0 Å². The number of furan rings is 1. The van der Waals surface area contributed by atoms with E-state index in [0.717, 1.165) is 12.1 Å². The fourth-order valence-corrected chi connectivity index (χ4v) is 2.40. The molecule has 0 spiro atoms. The zero-order chi connectivity index (χ0) is 19.4. The molecule has 7 heteroatoms. The number of nitrogens with zero attached hydrogens (tertiary/aromatic N) is 1. The molecule has 1 heterocycles. The Labute approximate surface area is 153 Å². The highest BCUT2D eigenvalue weighted by atomic mass is 19.4. The molecule has 0 aliphatic rings. The van der Waals surface area contributed by atoms with E-state index < -0.39 is 11.7 Å². The first-order valence-electron chi connectivity index (χ1n) is 8.00. The number of hydrogen-bond donors (Lipinski definition) is 1. The highest BCUT2D eigenvalue weighted by Crippen LogP contribution is 2.32. The third-order valence-corrected chi connectivity index (χ3v) is 3.63. The minimum atomic E-state index is -4.41. The summed E-state index contributed by atoms with van der Waals surface area (Å²) >= 11 is 0. The molecule has 3 rings (SSSR count). The van der Waals surface area contributed by atoms with Gasteiger partial charge in [-0.15, -0.1) is 0 Å². The molecule has 4 nitrogen and oxygen atoms in total. The molecule has 1 aromatic heterocycles. The Bertz CT molecular complexity index is 973. The fraction of sp³-hybridized carbons (Fsp3) is 0.100. The Balaban J connectivity index is 1.74. The largest absolute Gasteiger partial charge is 0.455 e. The summed E-state index contributed by atoms with van der Waals surface area (Å²) in [4.78, 5) is 15.2. The minimum Gasteiger partial charge on any atom is -0.455 e.